The molecule has 0 spiro atoms. The van der Waals surface area contributed by atoms with Gasteiger partial charge in [0.05, 0.1) is 36.8 Å². The molecule has 2 saturated heterocycles. The molecule has 0 radical (unpaired) electrons. The number of piperidine rings is 1. The summed E-state index contributed by atoms with van der Waals surface area (Å²) in [5.74, 6) is -1.10. The Hall–Kier alpha value is -2.95. The van der Waals surface area contributed by atoms with Gasteiger partial charge in [0.2, 0.25) is 11.8 Å². The molecule has 2 heterocycles. The van der Waals surface area contributed by atoms with Crippen molar-refractivity contribution in [3.8, 4) is 0 Å². The zero-order chi connectivity index (χ0) is 39.9. The molecule has 0 N–H and O–H groups in total. The summed E-state index contributed by atoms with van der Waals surface area (Å²) >= 11 is 0. The van der Waals surface area contributed by atoms with Crippen molar-refractivity contribution in [3.05, 3.63) is 35.9 Å². The molecule has 1 saturated carbocycles. The summed E-state index contributed by atoms with van der Waals surface area (Å²) in [5, 5.41) is 0. The average molecular weight is 752 g/mol. The van der Waals surface area contributed by atoms with Gasteiger partial charge in [0.25, 0.3) is 0 Å². The molecule has 1 aromatic carbocycles. The predicted molar refractivity (Wildman–Crippen MR) is 211 cm³/mol. The van der Waals surface area contributed by atoms with Gasteiger partial charge in [-0.1, -0.05) is 71.4 Å². The van der Waals surface area contributed by atoms with Crippen LogP contribution in [0.3, 0.4) is 0 Å². The number of nitrogens with zero attached hydrogens (tertiary/aromatic N) is 3. The summed E-state index contributed by atoms with van der Waals surface area (Å²) in [6, 6.07) is 9.42. The Balaban J connectivity index is 1.46. The van der Waals surface area contributed by atoms with E-state index in [1.165, 1.54) is 0 Å². The number of fused-ring (bicyclic) bond motifs is 2. The number of ether oxygens (including phenoxy) is 2. The molecule has 302 valence electrons. The van der Waals surface area contributed by atoms with E-state index in [9.17, 15) is 24.0 Å². The molecular formula is C44H69N3O7. The smallest absolute Gasteiger partial charge is 0.226 e. The van der Waals surface area contributed by atoms with Gasteiger partial charge < -0.3 is 19.3 Å². The summed E-state index contributed by atoms with van der Waals surface area (Å²) < 4.78 is 12.1. The van der Waals surface area contributed by atoms with Gasteiger partial charge >= 0.3 is 0 Å². The van der Waals surface area contributed by atoms with Crippen molar-refractivity contribution in [1.29, 1.82) is 0 Å². The van der Waals surface area contributed by atoms with Crippen molar-refractivity contribution in [3.63, 3.8) is 0 Å². The first-order valence-electron chi connectivity index (χ1n) is 20.6. The van der Waals surface area contributed by atoms with Crippen LogP contribution >= 0.6 is 0 Å². The van der Waals surface area contributed by atoms with E-state index >= 15 is 0 Å². The van der Waals surface area contributed by atoms with E-state index in [2.05, 4.69) is 25.8 Å². The second kappa shape index (κ2) is 19.8. The minimum atomic E-state index is -0.572. The quantitative estimate of drug-likeness (QED) is 0.150. The molecule has 10 nitrogen and oxygen atoms in total. The van der Waals surface area contributed by atoms with Crippen LogP contribution in [0.1, 0.15) is 105 Å². The third-order valence-electron chi connectivity index (χ3n) is 13.5. The molecule has 10 heteroatoms. The maximum absolute atomic E-state index is 14.4. The van der Waals surface area contributed by atoms with Crippen LogP contribution in [0.4, 0.5) is 0 Å². The lowest BCUT2D eigenvalue weighted by atomic mass is 9.83. The Morgan fingerprint density at radius 1 is 0.926 bits per heavy atom. The summed E-state index contributed by atoms with van der Waals surface area (Å²) in [5.41, 5.74) is 1.02. The molecule has 3 aliphatic rings. The molecule has 2 amide bonds. The minimum absolute atomic E-state index is 0.0181. The van der Waals surface area contributed by atoms with Gasteiger partial charge in [0, 0.05) is 64.4 Å². The van der Waals surface area contributed by atoms with Crippen molar-refractivity contribution in [2.75, 3.05) is 34.9 Å². The topological polar surface area (TPSA) is 114 Å². The van der Waals surface area contributed by atoms with Gasteiger partial charge in [-0.25, -0.2) is 0 Å². The number of likely N-dealkylation sites (N-methyl/N-ethyl adjacent to an activating group) is 2. The first kappa shape index (κ1) is 43.8. The molecule has 0 unspecified atom stereocenters. The fraction of sp³-hybridized carbons (Fsp3) is 0.750. The molecule has 54 heavy (non-hydrogen) atoms. The van der Waals surface area contributed by atoms with Gasteiger partial charge in [-0.3, -0.25) is 28.9 Å². The molecular weight excluding hydrogens is 682 g/mol. The molecule has 2 aliphatic heterocycles. The van der Waals surface area contributed by atoms with Crippen molar-refractivity contribution in [2.24, 2.45) is 35.5 Å². The van der Waals surface area contributed by atoms with Crippen LogP contribution in [-0.2, 0) is 39.9 Å². The van der Waals surface area contributed by atoms with E-state index in [1.807, 2.05) is 56.0 Å². The van der Waals surface area contributed by atoms with Gasteiger partial charge in [0.1, 0.15) is 11.6 Å². The molecule has 1 aliphatic carbocycles. The molecule has 3 fully saturated rings. The summed E-state index contributed by atoms with van der Waals surface area (Å²) in [6.07, 6.45) is 5.38. The molecule has 0 aromatic heterocycles. The van der Waals surface area contributed by atoms with Crippen LogP contribution in [0.5, 0.6) is 0 Å². The van der Waals surface area contributed by atoms with E-state index in [4.69, 9.17) is 9.47 Å². The fourth-order valence-corrected chi connectivity index (χ4v) is 9.93. The van der Waals surface area contributed by atoms with Crippen LogP contribution in [0.15, 0.2) is 30.3 Å². The highest BCUT2D eigenvalue weighted by Crippen LogP contribution is 2.42. The maximum atomic E-state index is 14.4. The molecule has 1 aromatic rings. The number of hydrogen-bond acceptors (Lipinski definition) is 8. The second-order valence-corrected chi connectivity index (χ2v) is 17.1. The van der Waals surface area contributed by atoms with Gasteiger partial charge in [0.15, 0.2) is 5.78 Å². The SMILES string of the molecule is CC[C@H](C)[C@@H]([C@@H](CC(=O)N1CCC[C@H]1[C@H](OC)[C@@H](C)C(=O)C[C@@H](Cc1ccccc1)C(C)=O)OC)N(C)C(=O)[C@@H](CC(=O)[C@@H]1[C@H]2CC[C@@H](C2)N1C)C(C)C. The zero-order valence-corrected chi connectivity index (χ0v) is 34.8. The van der Waals surface area contributed by atoms with Crippen molar-refractivity contribution >= 4 is 29.2 Å². The van der Waals surface area contributed by atoms with E-state index in [0.29, 0.717) is 31.3 Å². The highest BCUT2D eigenvalue weighted by Gasteiger charge is 2.48. The lowest BCUT2D eigenvalue weighted by Crippen LogP contribution is -2.54. The number of Topliss-reactive ketones (excluding diaryl/α,β-unsaturated/α-hetero) is 3. The Bertz CT molecular complexity index is 1430. The number of ketones is 3. The van der Waals surface area contributed by atoms with Crippen LogP contribution in [-0.4, -0.2) is 115 Å². The summed E-state index contributed by atoms with van der Waals surface area (Å²) in [7, 11) is 7.04. The first-order chi connectivity index (χ1) is 25.6. The van der Waals surface area contributed by atoms with Crippen LogP contribution in [0.2, 0.25) is 0 Å². The Kier molecular flexibility index (Phi) is 16.0. The van der Waals surface area contributed by atoms with E-state index in [0.717, 1.165) is 37.7 Å². The van der Waals surface area contributed by atoms with Crippen molar-refractivity contribution < 1.29 is 33.4 Å². The number of carbonyl (C=O) groups is 5. The highest BCUT2D eigenvalue weighted by molar-refractivity contribution is 5.91. The number of benzene rings is 1. The average Bonchev–Trinajstić information content (AvgIpc) is 3.90. The fourth-order valence-electron chi connectivity index (χ4n) is 9.93. The van der Waals surface area contributed by atoms with Crippen LogP contribution in [0.25, 0.3) is 0 Å². The number of amides is 2. The lowest BCUT2D eigenvalue weighted by Gasteiger charge is -2.41. The number of carbonyl (C=O) groups excluding carboxylic acids is 5. The zero-order valence-electron chi connectivity index (χ0n) is 34.8. The highest BCUT2D eigenvalue weighted by atomic mass is 16.5. The number of rotatable bonds is 21. The second-order valence-electron chi connectivity index (χ2n) is 17.1. The first-order valence-corrected chi connectivity index (χ1v) is 20.6. The Morgan fingerprint density at radius 3 is 2.17 bits per heavy atom. The minimum Gasteiger partial charge on any atom is -0.379 e. The number of likely N-dealkylation sites (tertiary alicyclic amines) is 2. The van der Waals surface area contributed by atoms with E-state index < -0.39 is 30.0 Å². The molecule has 2 bridgehead atoms. The lowest BCUT2D eigenvalue weighted by molar-refractivity contribution is -0.149. The van der Waals surface area contributed by atoms with E-state index in [-0.39, 0.29) is 78.4 Å². The number of hydrogen-bond donors (Lipinski definition) is 0. The maximum Gasteiger partial charge on any atom is 0.226 e. The van der Waals surface area contributed by atoms with Crippen molar-refractivity contribution in [2.45, 2.75) is 142 Å². The van der Waals surface area contributed by atoms with Gasteiger partial charge in [-0.15, -0.1) is 0 Å². The van der Waals surface area contributed by atoms with Gasteiger partial charge in [-0.05, 0) is 75.8 Å². The molecule has 11 atom stereocenters. The van der Waals surface area contributed by atoms with Crippen LogP contribution < -0.4 is 0 Å². The van der Waals surface area contributed by atoms with Crippen molar-refractivity contribution in [1.82, 2.24) is 14.7 Å². The Morgan fingerprint density at radius 2 is 1.61 bits per heavy atom. The number of methoxy groups -OCH3 is 2. The van der Waals surface area contributed by atoms with Crippen LogP contribution in [0, 0.1) is 35.5 Å². The largest absolute Gasteiger partial charge is 0.379 e. The Labute approximate surface area is 325 Å². The molecule has 4 rings (SSSR count). The normalized spacial score (nSPS) is 25.2. The third kappa shape index (κ3) is 10.1. The van der Waals surface area contributed by atoms with E-state index in [1.54, 1.807) is 33.1 Å². The van der Waals surface area contributed by atoms with Gasteiger partial charge in [-0.2, -0.15) is 0 Å². The third-order valence-corrected chi connectivity index (χ3v) is 13.5. The standard InChI is InChI=1S/C44H69N3O7/c1-11-28(4)41(46(8)44(52)35(27(2)3)25-38(50)42-32-19-20-34(23-32)45(42)7)39(53-9)26-40(51)47-21-15-18-36(47)43(54-10)29(5)37(49)24-33(30(6)48)22-31-16-13-12-14-17-31/h12-14,16-17,27-29,32-36,39,41-43H,11,15,18-26H2,1-10H3/t28-,29-,32-,33+,34-,35-,36-,39+,41-,42-,43+/m0/s1. The summed E-state index contributed by atoms with van der Waals surface area (Å²) in [4.78, 5) is 74.6. The predicted octanol–water partition coefficient (Wildman–Crippen LogP) is 6.03. The summed E-state index contributed by atoms with van der Waals surface area (Å²) in [6.45, 7) is 12.1. The monoisotopic (exact) mass is 752 g/mol.